The van der Waals surface area contributed by atoms with Crippen molar-refractivity contribution in [1.29, 1.82) is 0 Å². The predicted octanol–water partition coefficient (Wildman–Crippen LogP) is 4.51. The quantitative estimate of drug-likeness (QED) is 0.495. The highest BCUT2D eigenvalue weighted by Gasteiger charge is 2.18. The van der Waals surface area contributed by atoms with Crippen molar-refractivity contribution in [2.75, 3.05) is 5.32 Å². The van der Waals surface area contributed by atoms with Crippen LogP contribution in [0.2, 0.25) is 0 Å². The highest BCUT2D eigenvalue weighted by atomic mass is 19.1. The number of rotatable bonds is 5. The average Bonchev–Trinajstić information content (AvgIpc) is 2.75. The Morgan fingerprint density at radius 2 is 1.81 bits per heavy atom. The van der Waals surface area contributed by atoms with Crippen LogP contribution in [0.3, 0.4) is 0 Å². The van der Waals surface area contributed by atoms with E-state index in [1.54, 1.807) is 19.1 Å². The van der Waals surface area contributed by atoms with Gasteiger partial charge in [0.2, 0.25) is 0 Å². The second-order valence-corrected chi connectivity index (χ2v) is 7.01. The van der Waals surface area contributed by atoms with Crippen LogP contribution in [0.1, 0.15) is 28.9 Å². The van der Waals surface area contributed by atoms with Crippen molar-refractivity contribution >= 4 is 17.3 Å². The molecule has 0 fully saturated rings. The van der Waals surface area contributed by atoms with E-state index in [2.05, 4.69) is 10.3 Å². The highest BCUT2D eigenvalue weighted by Crippen LogP contribution is 2.27. The maximum Gasteiger partial charge on any atom is 0.337 e. The minimum absolute atomic E-state index is 0.158. The van der Waals surface area contributed by atoms with Gasteiger partial charge in [-0.05, 0) is 31.2 Å². The first-order chi connectivity index (χ1) is 14.8. The van der Waals surface area contributed by atoms with Crippen LogP contribution >= 0.6 is 0 Å². The molecule has 8 heteroatoms. The Labute approximate surface area is 175 Å². The van der Waals surface area contributed by atoms with Crippen LogP contribution in [0.15, 0.2) is 71.7 Å². The Balaban J connectivity index is 1.84. The largest absolute Gasteiger partial charge is 0.478 e. The zero-order chi connectivity index (χ0) is 22.1. The molecule has 0 aliphatic carbocycles. The summed E-state index contributed by atoms with van der Waals surface area (Å²) in [4.78, 5) is 28.7. The second kappa shape index (κ2) is 7.98. The predicted molar refractivity (Wildman–Crippen MR) is 112 cm³/mol. The number of anilines is 1. The van der Waals surface area contributed by atoms with Crippen molar-refractivity contribution in [1.82, 2.24) is 9.38 Å². The van der Waals surface area contributed by atoms with E-state index in [-0.39, 0.29) is 16.9 Å². The third-order valence-electron chi connectivity index (χ3n) is 4.88. The number of aromatic carboxylic acids is 1. The number of carboxylic acids is 1. The summed E-state index contributed by atoms with van der Waals surface area (Å²) in [6.07, 6.45) is 1.05. The lowest BCUT2D eigenvalue weighted by molar-refractivity contribution is 0.0697. The second-order valence-electron chi connectivity index (χ2n) is 7.01. The Bertz CT molecular complexity index is 1350. The van der Waals surface area contributed by atoms with Crippen molar-refractivity contribution in [2.45, 2.75) is 13.0 Å². The first kappa shape index (κ1) is 20.2. The summed E-state index contributed by atoms with van der Waals surface area (Å²) in [5.41, 5.74) is 1.17. The van der Waals surface area contributed by atoms with Gasteiger partial charge < -0.3 is 10.4 Å². The third kappa shape index (κ3) is 4.00. The van der Waals surface area contributed by atoms with E-state index in [1.165, 1.54) is 18.2 Å². The van der Waals surface area contributed by atoms with Gasteiger partial charge in [-0.25, -0.2) is 18.6 Å². The molecule has 0 unspecified atom stereocenters. The summed E-state index contributed by atoms with van der Waals surface area (Å²) in [7, 11) is 0. The number of fused-ring (bicyclic) bond motifs is 1. The van der Waals surface area contributed by atoms with Crippen LogP contribution in [-0.4, -0.2) is 20.5 Å². The number of aromatic nitrogens is 2. The molecule has 0 saturated heterocycles. The van der Waals surface area contributed by atoms with E-state index in [9.17, 15) is 23.5 Å². The normalized spacial score (nSPS) is 12.0. The molecule has 0 bridgehead atoms. The maximum absolute atomic E-state index is 14.3. The molecule has 0 radical (unpaired) electrons. The molecule has 2 heterocycles. The van der Waals surface area contributed by atoms with Gasteiger partial charge in [0.25, 0.3) is 5.56 Å². The van der Waals surface area contributed by atoms with Crippen molar-refractivity contribution in [3.05, 3.63) is 100.0 Å². The number of benzene rings is 2. The number of carbonyl (C=O) groups is 1. The summed E-state index contributed by atoms with van der Waals surface area (Å²) in [6, 6.07) is 14.3. The van der Waals surface area contributed by atoms with Crippen molar-refractivity contribution in [2.24, 2.45) is 0 Å². The Hall–Kier alpha value is -4.07. The number of pyridine rings is 1. The topological polar surface area (TPSA) is 83.7 Å². The van der Waals surface area contributed by atoms with Gasteiger partial charge in [-0.15, -0.1) is 0 Å². The molecule has 156 valence electrons. The number of hydrogen-bond acceptors (Lipinski definition) is 4. The number of halogens is 2. The molecule has 2 aromatic carbocycles. The van der Waals surface area contributed by atoms with E-state index < -0.39 is 29.2 Å². The van der Waals surface area contributed by atoms with Crippen molar-refractivity contribution < 1.29 is 18.7 Å². The van der Waals surface area contributed by atoms with Crippen molar-refractivity contribution in [3.8, 4) is 11.3 Å². The van der Waals surface area contributed by atoms with E-state index in [4.69, 9.17) is 0 Å². The fraction of sp³-hybridized carbons (Fsp3) is 0.0870. The average molecular weight is 421 g/mol. The summed E-state index contributed by atoms with van der Waals surface area (Å²) < 4.78 is 28.9. The number of nitrogens with zero attached hydrogens (tertiary/aromatic N) is 2. The van der Waals surface area contributed by atoms with Gasteiger partial charge in [0.15, 0.2) is 0 Å². The van der Waals surface area contributed by atoms with Crippen LogP contribution < -0.4 is 10.9 Å². The van der Waals surface area contributed by atoms with Gasteiger partial charge in [0.1, 0.15) is 17.3 Å². The third-order valence-corrected chi connectivity index (χ3v) is 4.88. The summed E-state index contributed by atoms with van der Waals surface area (Å²) >= 11 is 0. The molecule has 1 atom stereocenters. The zero-order valence-electron chi connectivity index (χ0n) is 16.3. The summed E-state index contributed by atoms with van der Waals surface area (Å²) in [6.45, 7) is 1.67. The highest BCUT2D eigenvalue weighted by molar-refractivity contribution is 5.94. The van der Waals surface area contributed by atoms with E-state index in [1.807, 2.05) is 18.2 Å². The van der Waals surface area contributed by atoms with Gasteiger partial charge in [-0.2, -0.15) is 0 Å². The zero-order valence-corrected chi connectivity index (χ0v) is 16.3. The monoisotopic (exact) mass is 421 g/mol. The molecule has 0 aliphatic rings. The Morgan fingerprint density at radius 3 is 2.52 bits per heavy atom. The molecule has 6 nitrogen and oxygen atoms in total. The molecule has 0 aliphatic heterocycles. The fourth-order valence-electron chi connectivity index (χ4n) is 3.40. The molecular weight excluding hydrogens is 404 g/mol. The lowest BCUT2D eigenvalue weighted by Crippen LogP contribution is -2.19. The van der Waals surface area contributed by atoms with E-state index in [0.717, 1.165) is 28.3 Å². The van der Waals surface area contributed by atoms with E-state index >= 15 is 0 Å². The van der Waals surface area contributed by atoms with Gasteiger partial charge in [0, 0.05) is 29.1 Å². The molecule has 0 spiro atoms. The molecule has 2 aromatic heterocycles. The molecular formula is C23H17F2N3O3. The van der Waals surface area contributed by atoms with E-state index in [0.29, 0.717) is 11.3 Å². The molecule has 0 amide bonds. The lowest BCUT2D eigenvalue weighted by atomic mass is 10.1. The number of carboxylic acid groups (broad SMARTS) is 1. The minimum atomic E-state index is -1.31. The molecule has 0 saturated carbocycles. The summed E-state index contributed by atoms with van der Waals surface area (Å²) in [5.74, 6) is -2.64. The SMILES string of the molecule is C[C@@H](Nc1ccc(F)cc1C(=O)O)c1cc(F)cn2c(=O)cc(-c3ccccc3)nc12. The Kier molecular flexibility index (Phi) is 5.21. The van der Waals surface area contributed by atoms with Crippen LogP contribution in [0.25, 0.3) is 16.9 Å². The number of hydrogen-bond donors (Lipinski definition) is 2. The minimum Gasteiger partial charge on any atom is -0.478 e. The van der Waals surface area contributed by atoms with Gasteiger partial charge in [0.05, 0.1) is 17.3 Å². The fourth-order valence-corrected chi connectivity index (χ4v) is 3.40. The standard InChI is InChI=1S/C23H17F2N3O3/c1-13(26-19-8-7-15(24)9-18(19)23(30)31)17-10-16(25)12-28-21(29)11-20(27-22(17)28)14-5-3-2-4-6-14/h2-13,26H,1H3,(H,30,31)/t13-/m1/s1. The molecule has 4 rings (SSSR count). The first-order valence-electron chi connectivity index (χ1n) is 9.41. The smallest absolute Gasteiger partial charge is 0.337 e. The lowest BCUT2D eigenvalue weighted by Gasteiger charge is -2.19. The van der Waals surface area contributed by atoms with Crippen LogP contribution in [0, 0.1) is 11.6 Å². The molecule has 31 heavy (non-hydrogen) atoms. The number of nitrogens with one attached hydrogen (secondary N) is 1. The molecule has 4 aromatic rings. The van der Waals surface area contributed by atoms with Gasteiger partial charge in [-0.1, -0.05) is 30.3 Å². The van der Waals surface area contributed by atoms with Gasteiger partial charge in [-0.3, -0.25) is 9.20 Å². The Morgan fingerprint density at radius 1 is 1.06 bits per heavy atom. The molecule has 2 N–H and O–H groups in total. The summed E-state index contributed by atoms with van der Waals surface area (Å²) in [5, 5.41) is 12.3. The van der Waals surface area contributed by atoms with Crippen molar-refractivity contribution in [3.63, 3.8) is 0 Å². The van der Waals surface area contributed by atoms with Crippen LogP contribution in [0.4, 0.5) is 14.5 Å². The van der Waals surface area contributed by atoms with Crippen LogP contribution in [0.5, 0.6) is 0 Å². The van der Waals surface area contributed by atoms with Gasteiger partial charge >= 0.3 is 5.97 Å². The maximum atomic E-state index is 14.3. The first-order valence-corrected chi connectivity index (χ1v) is 9.41. The van der Waals surface area contributed by atoms with Crippen LogP contribution in [-0.2, 0) is 0 Å².